The van der Waals surface area contributed by atoms with Crippen LogP contribution in [0.3, 0.4) is 0 Å². The third-order valence-electron chi connectivity index (χ3n) is 4.30. The van der Waals surface area contributed by atoms with Crippen LogP contribution < -0.4 is 10.1 Å². The molecule has 1 N–H and O–H groups in total. The number of carbonyl (C=O) groups is 1. The zero-order chi connectivity index (χ0) is 17.8. The zero-order valence-electron chi connectivity index (χ0n) is 14.0. The standard InChI is InChI=1S/C19H20ClFN2O2/c1-22-12-15-3-2-10-23(15)19(24)13-4-9-18(17(21)11-13)25-16-7-5-14(20)6-8-16/h4-9,11,15,22H,2-3,10,12H2,1H3. The van der Waals surface area contributed by atoms with Crippen molar-refractivity contribution in [2.24, 2.45) is 0 Å². The summed E-state index contributed by atoms with van der Waals surface area (Å²) in [5.74, 6) is -0.150. The van der Waals surface area contributed by atoms with Gasteiger partial charge in [0, 0.05) is 29.7 Å². The quantitative estimate of drug-likeness (QED) is 0.870. The Morgan fingerprint density at radius 2 is 2.08 bits per heavy atom. The number of carbonyl (C=O) groups excluding carboxylic acids is 1. The van der Waals surface area contributed by atoms with E-state index >= 15 is 0 Å². The maximum atomic E-state index is 14.4. The summed E-state index contributed by atoms with van der Waals surface area (Å²) >= 11 is 5.82. The van der Waals surface area contributed by atoms with Crippen molar-refractivity contribution in [3.05, 3.63) is 58.9 Å². The Balaban J connectivity index is 1.75. The van der Waals surface area contributed by atoms with Crippen LogP contribution in [0.2, 0.25) is 5.02 Å². The fraction of sp³-hybridized carbons (Fsp3) is 0.316. The molecule has 2 aromatic rings. The predicted octanol–water partition coefficient (Wildman–Crippen LogP) is 4.10. The number of ether oxygens (including phenoxy) is 1. The van der Waals surface area contributed by atoms with Gasteiger partial charge in [-0.25, -0.2) is 4.39 Å². The number of nitrogens with one attached hydrogen (secondary N) is 1. The molecule has 1 heterocycles. The fourth-order valence-corrected chi connectivity index (χ4v) is 3.19. The molecule has 0 radical (unpaired) electrons. The van der Waals surface area contributed by atoms with Crippen molar-refractivity contribution in [2.45, 2.75) is 18.9 Å². The van der Waals surface area contributed by atoms with Gasteiger partial charge in [0.05, 0.1) is 0 Å². The number of benzene rings is 2. The summed E-state index contributed by atoms with van der Waals surface area (Å²) < 4.78 is 19.9. The second kappa shape index (κ2) is 7.85. The Labute approximate surface area is 151 Å². The van der Waals surface area contributed by atoms with E-state index in [4.69, 9.17) is 16.3 Å². The summed E-state index contributed by atoms with van der Waals surface area (Å²) in [6.45, 7) is 1.45. The van der Waals surface area contributed by atoms with Gasteiger partial charge in [-0.15, -0.1) is 0 Å². The van der Waals surface area contributed by atoms with Gasteiger partial charge >= 0.3 is 0 Å². The van der Waals surface area contributed by atoms with Crippen molar-refractivity contribution < 1.29 is 13.9 Å². The van der Waals surface area contributed by atoms with Gasteiger partial charge in [0.25, 0.3) is 5.91 Å². The van der Waals surface area contributed by atoms with Crippen LogP contribution in [0.15, 0.2) is 42.5 Å². The number of nitrogens with zero attached hydrogens (tertiary/aromatic N) is 1. The minimum atomic E-state index is -0.565. The topological polar surface area (TPSA) is 41.6 Å². The molecule has 1 saturated heterocycles. The van der Waals surface area contributed by atoms with Crippen LogP contribution >= 0.6 is 11.6 Å². The summed E-state index contributed by atoms with van der Waals surface area (Å²) in [5, 5.41) is 3.68. The SMILES string of the molecule is CNCC1CCCN1C(=O)c1ccc(Oc2ccc(Cl)cc2)c(F)c1. The summed E-state index contributed by atoms with van der Waals surface area (Å²) in [5.41, 5.74) is 0.337. The molecule has 2 aromatic carbocycles. The highest BCUT2D eigenvalue weighted by Gasteiger charge is 2.29. The van der Waals surface area contributed by atoms with E-state index in [1.807, 2.05) is 11.9 Å². The molecule has 1 aliphatic rings. The van der Waals surface area contributed by atoms with E-state index in [0.717, 1.165) is 19.4 Å². The Hall–Kier alpha value is -2.11. The lowest BCUT2D eigenvalue weighted by atomic mass is 10.1. The molecule has 0 aliphatic carbocycles. The number of amides is 1. The third-order valence-corrected chi connectivity index (χ3v) is 4.55. The highest BCUT2D eigenvalue weighted by atomic mass is 35.5. The molecule has 1 aliphatic heterocycles. The number of hydrogen-bond acceptors (Lipinski definition) is 3. The highest BCUT2D eigenvalue weighted by molar-refractivity contribution is 6.30. The van der Waals surface area contributed by atoms with E-state index in [9.17, 15) is 9.18 Å². The molecular weight excluding hydrogens is 343 g/mol. The number of likely N-dealkylation sites (N-methyl/N-ethyl adjacent to an activating group) is 1. The first kappa shape index (κ1) is 17.7. The maximum absolute atomic E-state index is 14.4. The molecule has 1 amide bonds. The van der Waals surface area contributed by atoms with Gasteiger partial charge in [-0.2, -0.15) is 0 Å². The van der Waals surface area contributed by atoms with E-state index in [2.05, 4.69) is 5.32 Å². The average Bonchev–Trinajstić information content (AvgIpc) is 3.06. The van der Waals surface area contributed by atoms with E-state index in [1.165, 1.54) is 12.1 Å². The molecule has 1 fully saturated rings. The number of likely N-dealkylation sites (tertiary alicyclic amines) is 1. The Morgan fingerprint density at radius 3 is 2.76 bits per heavy atom. The van der Waals surface area contributed by atoms with Crippen molar-refractivity contribution in [2.75, 3.05) is 20.1 Å². The fourth-order valence-electron chi connectivity index (χ4n) is 3.06. The summed E-state index contributed by atoms with van der Waals surface area (Å²) in [6.07, 6.45) is 1.94. The van der Waals surface area contributed by atoms with Crippen molar-refractivity contribution in [3.63, 3.8) is 0 Å². The van der Waals surface area contributed by atoms with Crippen LogP contribution in [0.1, 0.15) is 23.2 Å². The summed E-state index contributed by atoms with van der Waals surface area (Å²) in [6, 6.07) is 11.1. The second-order valence-corrected chi connectivity index (χ2v) is 6.49. The first-order valence-electron chi connectivity index (χ1n) is 8.27. The van der Waals surface area contributed by atoms with Crippen molar-refractivity contribution in [1.29, 1.82) is 0 Å². The van der Waals surface area contributed by atoms with Gasteiger partial charge < -0.3 is 15.0 Å². The summed E-state index contributed by atoms with van der Waals surface area (Å²) in [4.78, 5) is 14.5. The Morgan fingerprint density at radius 1 is 1.32 bits per heavy atom. The molecule has 1 atom stereocenters. The number of halogens is 2. The van der Waals surface area contributed by atoms with E-state index in [1.54, 1.807) is 30.3 Å². The average molecular weight is 363 g/mol. The van der Waals surface area contributed by atoms with Gasteiger partial charge in [-0.05, 0) is 62.4 Å². The van der Waals surface area contributed by atoms with E-state index in [0.29, 0.717) is 22.9 Å². The van der Waals surface area contributed by atoms with Crippen LogP contribution in [0, 0.1) is 5.82 Å². The molecule has 132 valence electrons. The van der Waals surface area contributed by atoms with Crippen LogP contribution in [-0.2, 0) is 0 Å². The lowest BCUT2D eigenvalue weighted by Gasteiger charge is -2.24. The Bertz CT molecular complexity index is 752. The van der Waals surface area contributed by atoms with Gasteiger partial charge in [-0.3, -0.25) is 4.79 Å². The first-order valence-corrected chi connectivity index (χ1v) is 8.65. The lowest BCUT2D eigenvalue weighted by Crippen LogP contribution is -2.40. The monoisotopic (exact) mass is 362 g/mol. The molecule has 25 heavy (non-hydrogen) atoms. The van der Waals surface area contributed by atoms with Gasteiger partial charge in [-0.1, -0.05) is 11.6 Å². The van der Waals surface area contributed by atoms with Gasteiger partial charge in [0.1, 0.15) is 5.75 Å². The molecular formula is C19H20ClFN2O2. The molecule has 0 saturated carbocycles. The van der Waals surface area contributed by atoms with Crippen molar-refractivity contribution in [1.82, 2.24) is 10.2 Å². The van der Waals surface area contributed by atoms with Crippen molar-refractivity contribution in [3.8, 4) is 11.5 Å². The van der Waals surface area contributed by atoms with E-state index in [-0.39, 0.29) is 17.7 Å². The second-order valence-electron chi connectivity index (χ2n) is 6.05. The minimum absolute atomic E-state index is 0.0760. The normalized spacial score (nSPS) is 16.9. The Kier molecular flexibility index (Phi) is 5.56. The van der Waals surface area contributed by atoms with Crippen LogP contribution in [0.4, 0.5) is 4.39 Å². The molecule has 0 bridgehead atoms. The maximum Gasteiger partial charge on any atom is 0.254 e. The van der Waals surface area contributed by atoms with Crippen LogP contribution in [-0.4, -0.2) is 37.0 Å². The number of rotatable bonds is 5. The molecule has 1 unspecified atom stereocenters. The predicted molar refractivity (Wildman–Crippen MR) is 95.9 cm³/mol. The highest BCUT2D eigenvalue weighted by Crippen LogP contribution is 2.27. The van der Waals surface area contributed by atoms with Crippen molar-refractivity contribution >= 4 is 17.5 Å². The minimum Gasteiger partial charge on any atom is -0.454 e. The molecule has 3 rings (SSSR count). The van der Waals surface area contributed by atoms with Gasteiger partial charge in [0.15, 0.2) is 11.6 Å². The lowest BCUT2D eigenvalue weighted by molar-refractivity contribution is 0.0736. The van der Waals surface area contributed by atoms with Crippen LogP contribution in [0.25, 0.3) is 0 Å². The molecule has 4 nitrogen and oxygen atoms in total. The number of hydrogen-bond donors (Lipinski definition) is 1. The first-order chi connectivity index (χ1) is 12.1. The summed E-state index contributed by atoms with van der Waals surface area (Å²) in [7, 11) is 1.86. The third kappa shape index (κ3) is 4.11. The largest absolute Gasteiger partial charge is 0.454 e. The van der Waals surface area contributed by atoms with Crippen LogP contribution in [0.5, 0.6) is 11.5 Å². The van der Waals surface area contributed by atoms with E-state index < -0.39 is 5.82 Å². The smallest absolute Gasteiger partial charge is 0.254 e. The molecule has 6 heteroatoms. The molecule has 0 spiro atoms. The molecule has 0 aromatic heterocycles. The zero-order valence-corrected chi connectivity index (χ0v) is 14.7. The van der Waals surface area contributed by atoms with Gasteiger partial charge in [0.2, 0.25) is 0 Å².